The van der Waals surface area contributed by atoms with Gasteiger partial charge < -0.3 is 13.7 Å². The van der Waals surface area contributed by atoms with Crippen LogP contribution in [-0.4, -0.2) is 13.7 Å². The van der Waals surface area contributed by atoms with Gasteiger partial charge in [-0.05, 0) is 48.5 Å². The van der Waals surface area contributed by atoms with Crippen LogP contribution in [0, 0.1) is 0 Å². The standard InChI is InChI=1S/C42H27N3/c1-3-14-28(15-4-1)43-36-22-10-7-18-30(36)33-21-13-25-39(40(33)43)45-38-24-12-9-20-32(38)35-27-26-34-31-19-8-11-23-37(31)44(41(34)42(35)45)29-16-5-2-6-17-29/h1-27H. The Labute approximate surface area is 259 Å². The molecule has 0 fully saturated rings. The van der Waals surface area contributed by atoms with E-state index in [1.165, 1.54) is 65.4 Å². The Morgan fingerprint density at radius 3 is 1.16 bits per heavy atom. The van der Waals surface area contributed by atoms with Gasteiger partial charge in [-0.25, -0.2) is 0 Å². The summed E-state index contributed by atoms with van der Waals surface area (Å²) in [6, 6.07) is 59.4. The van der Waals surface area contributed by atoms with Crippen molar-refractivity contribution < 1.29 is 0 Å². The molecule has 0 amide bonds. The molecule has 0 aliphatic carbocycles. The Bertz CT molecular complexity index is 2740. The molecule has 10 rings (SSSR count). The first-order chi connectivity index (χ1) is 22.4. The van der Waals surface area contributed by atoms with E-state index in [1.54, 1.807) is 0 Å². The van der Waals surface area contributed by atoms with E-state index in [0.29, 0.717) is 0 Å². The van der Waals surface area contributed by atoms with Gasteiger partial charge in [0.05, 0.1) is 38.8 Å². The monoisotopic (exact) mass is 573 g/mol. The summed E-state index contributed by atoms with van der Waals surface area (Å²) in [5.41, 5.74) is 10.7. The van der Waals surface area contributed by atoms with Crippen LogP contribution in [-0.2, 0) is 0 Å². The molecule has 0 saturated carbocycles. The van der Waals surface area contributed by atoms with Gasteiger partial charge in [0.25, 0.3) is 0 Å². The lowest BCUT2D eigenvalue weighted by atomic mass is 10.1. The summed E-state index contributed by atoms with van der Waals surface area (Å²) in [6.45, 7) is 0. The van der Waals surface area contributed by atoms with Crippen molar-refractivity contribution in [2.75, 3.05) is 0 Å². The van der Waals surface area contributed by atoms with Crippen molar-refractivity contribution in [3.63, 3.8) is 0 Å². The zero-order chi connectivity index (χ0) is 29.5. The second-order valence-electron chi connectivity index (χ2n) is 11.8. The van der Waals surface area contributed by atoms with Crippen LogP contribution in [0.3, 0.4) is 0 Å². The highest BCUT2D eigenvalue weighted by molar-refractivity contribution is 6.24. The van der Waals surface area contributed by atoms with Gasteiger partial charge in [0.1, 0.15) is 0 Å². The SMILES string of the molecule is c1ccc(-n2c3ccccc3c3cccc(-n4c5ccccc5c5ccc6c7ccccc7n(-c7ccccc7)c6c54)c32)cc1. The lowest BCUT2D eigenvalue weighted by Crippen LogP contribution is -2.02. The summed E-state index contributed by atoms with van der Waals surface area (Å²) in [6.07, 6.45) is 0. The molecule has 10 aromatic rings. The molecule has 0 spiro atoms. The normalized spacial score (nSPS) is 12.0. The zero-order valence-electron chi connectivity index (χ0n) is 24.4. The number of aromatic nitrogens is 3. The van der Waals surface area contributed by atoms with Gasteiger partial charge in [0.15, 0.2) is 0 Å². The number of hydrogen-bond acceptors (Lipinski definition) is 0. The average Bonchev–Trinajstić information content (AvgIpc) is 3.75. The Kier molecular flexibility index (Phi) is 5.00. The lowest BCUT2D eigenvalue weighted by Gasteiger charge is -2.16. The number of benzene rings is 7. The Morgan fingerprint density at radius 2 is 0.622 bits per heavy atom. The molecule has 45 heavy (non-hydrogen) atoms. The van der Waals surface area contributed by atoms with Crippen LogP contribution in [0.15, 0.2) is 164 Å². The van der Waals surface area contributed by atoms with Crippen LogP contribution < -0.4 is 0 Å². The number of para-hydroxylation sites is 6. The van der Waals surface area contributed by atoms with Gasteiger partial charge in [-0.3, -0.25) is 0 Å². The first kappa shape index (κ1) is 24.4. The third-order valence-electron chi connectivity index (χ3n) is 9.41. The fourth-order valence-corrected chi connectivity index (χ4v) is 7.62. The second-order valence-corrected chi connectivity index (χ2v) is 11.8. The van der Waals surface area contributed by atoms with Gasteiger partial charge in [-0.15, -0.1) is 0 Å². The number of rotatable bonds is 3. The van der Waals surface area contributed by atoms with Crippen molar-refractivity contribution in [1.29, 1.82) is 0 Å². The smallest absolute Gasteiger partial charge is 0.0789 e. The molecule has 3 heterocycles. The maximum absolute atomic E-state index is 2.52. The van der Waals surface area contributed by atoms with E-state index < -0.39 is 0 Å². The molecule has 3 aromatic heterocycles. The van der Waals surface area contributed by atoms with E-state index in [-0.39, 0.29) is 0 Å². The highest BCUT2D eigenvalue weighted by atomic mass is 15.1. The maximum atomic E-state index is 2.52. The molecular weight excluding hydrogens is 546 g/mol. The van der Waals surface area contributed by atoms with Crippen LogP contribution in [0.2, 0.25) is 0 Å². The quantitative estimate of drug-likeness (QED) is 0.200. The molecular formula is C42H27N3. The van der Waals surface area contributed by atoms with Gasteiger partial charge in [0.2, 0.25) is 0 Å². The molecule has 210 valence electrons. The predicted molar refractivity (Wildman–Crippen MR) is 189 cm³/mol. The van der Waals surface area contributed by atoms with Crippen molar-refractivity contribution >= 4 is 65.4 Å². The summed E-state index contributed by atoms with van der Waals surface area (Å²) in [5, 5.41) is 7.50. The summed E-state index contributed by atoms with van der Waals surface area (Å²) in [7, 11) is 0. The first-order valence-corrected chi connectivity index (χ1v) is 15.5. The first-order valence-electron chi connectivity index (χ1n) is 15.5. The van der Waals surface area contributed by atoms with E-state index >= 15 is 0 Å². The van der Waals surface area contributed by atoms with Crippen LogP contribution in [0.4, 0.5) is 0 Å². The lowest BCUT2D eigenvalue weighted by molar-refractivity contribution is 1.12. The molecule has 0 radical (unpaired) electrons. The summed E-state index contributed by atoms with van der Waals surface area (Å²) in [4.78, 5) is 0. The van der Waals surface area contributed by atoms with Crippen molar-refractivity contribution in [2.45, 2.75) is 0 Å². The van der Waals surface area contributed by atoms with Gasteiger partial charge in [-0.2, -0.15) is 0 Å². The minimum Gasteiger partial charge on any atom is -0.307 e. The third-order valence-corrected chi connectivity index (χ3v) is 9.41. The van der Waals surface area contributed by atoms with Crippen LogP contribution in [0.25, 0.3) is 82.5 Å². The topological polar surface area (TPSA) is 14.8 Å². The Balaban J connectivity index is 1.48. The Morgan fingerprint density at radius 1 is 0.244 bits per heavy atom. The van der Waals surface area contributed by atoms with Crippen molar-refractivity contribution in [3.8, 4) is 17.1 Å². The largest absolute Gasteiger partial charge is 0.307 e. The minimum absolute atomic E-state index is 1.15. The molecule has 0 unspecified atom stereocenters. The second kappa shape index (κ2) is 9.22. The Hall–Kier alpha value is -6.06. The molecule has 3 nitrogen and oxygen atoms in total. The highest BCUT2D eigenvalue weighted by Gasteiger charge is 2.23. The van der Waals surface area contributed by atoms with E-state index in [0.717, 1.165) is 17.1 Å². The van der Waals surface area contributed by atoms with Crippen molar-refractivity contribution in [3.05, 3.63) is 164 Å². The number of nitrogens with zero attached hydrogens (tertiary/aromatic N) is 3. The molecule has 7 aromatic carbocycles. The maximum Gasteiger partial charge on any atom is 0.0789 e. The predicted octanol–water partition coefficient (Wildman–Crippen LogP) is 11.0. The molecule has 0 aliphatic heterocycles. The summed E-state index contributed by atoms with van der Waals surface area (Å²) >= 11 is 0. The van der Waals surface area contributed by atoms with E-state index in [4.69, 9.17) is 0 Å². The summed E-state index contributed by atoms with van der Waals surface area (Å²) in [5.74, 6) is 0. The van der Waals surface area contributed by atoms with Gasteiger partial charge >= 0.3 is 0 Å². The van der Waals surface area contributed by atoms with E-state index in [2.05, 4.69) is 177 Å². The van der Waals surface area contributed by atoms with Crippen molar-refractivity contribution in [1.82, 2.24) is 13.7 Å². The van der Waals surface area contributed by atoms with E-state index in [9.17, 15) is 0 Å². The zero-order valence-corrected chi connectivity index (χ0v) is 24.4. The number of fused-ring (bicyclic) bond motifs is 10. The van der Waals surface area contributed by atoms with Crippen LogP contribution in [0.1, 0.15) is 0 Å². The highest BCUT2D eigenvalue weighted by Crippen LogP contribution is 2.44. The molecule has 3 heteroatoms. The summed E-state index contributed by atoms with van der Waals surface area (Å²) < 4.78 is 7.41. The molecule has 0 atom stereocenters. The number of hydrogen-bond donors (Lipinski definition) is 0. The van der Waals surface area contributed by atoms with Crippen molar-refractivity contribution in [2.24, 2.45) is 0 Å². The van der Waals surface area contributed by atoms with Crippen LogP contribution >= 0.6 is 0 Å². The molecule has 0 N–H and O–H groups in total. The van der Waals surface area contributed by atoms with Gasteiger partial charge in [-0.1, -0.05) is 115 Å². The average molecular weight is 574 g/mol. The third kappa shape index (κ3) is 3.30. The minimum atomic E-state index is 1.15. The fraction of sp³-hybridized carbons (Fsp3) is 0. The van der Waals surface area contributed by atoms with Gasteiger partial charge in [0, 0.05) is 43.7 Å². The van der Waals surface area contributed by atoms with E-state index in [1.807, 2.05) is 0 Å². The fourth-order valence-electron chi connectivity index (χ4n) is 7.62. The molecule has 0 saturated heterocycles. The molecule has 0 bridgehead atoms. The molecule has 0 aliphatic rings. The van der Waals surface area contributed by atoms with Crippen LogP contribution in [0.5, 0.6) is 0 Å².